The number of benzene rings is 2. The number of carboxylic acids is 1. The lowest BCUT2D eigenvalue weighted by Crippen LogP contribution is -2.49. The first-order valence-electron chi connectivity index (χ1n) is 9.84. The molecule has 0 bridgehead atoms. The molecule has 1 aliphatic rings. The summed E-state index contributed by atoms with van der Waals surface area (Å²) >= 11 is 0. The predicted octanol–water partition coefficient (Wildman–Crippen LogP) is 1.19. The van der Waals surface area contributed by atoms with Gasteiger partial charge in [0.05, 0.1) is 24.1 Å². The normalized spacial score (nSPS) is 14.8. The number of rotatable bonds is 8. The Morgan fingerprint density at radius 2 is 1.71 bits per heavy atom. The second-order valence-electron chi connectivity index (χ2n) is 7.43. The maximum atomic E-state index is 12.2. The van der Waals surface area contributed by atoms with Gasteiger partial charge in [-0.2, -0.15) is 0 Å². The Morgan fingerprint density at radius 3 is 2.32 bits per heavy atom. The summed E-state index contributed by atoms with van der Waals surface area (Å²) in [6, 6.07) is 14.3. The van der Waals surface area contributed by atoms with Gasteiger partial charge in [-0.15, -0.1) is 0 Å². The lowest BCUT2D eigenvalue weighted by atomic mass is 10.1. The van der Waals surface area contributed by atoms with Gasteiger partial charge in [-0.25, -0.2) is 13.2 Å². The summed E-state index contributed by atoms with van der Waals surface area (Å²) in [5, 5.41) is 12.4. The summed E-state index contributed by atoms with van der Waals surface area (Å²) in [4.78, 5) is 27.9. The number of carbonyl (C=O) groups excluding carboxylic acids is 1. The van der Waals surface area contributed by atoms with E-state index in [2.05, 4.69) is 14.9 Å². The molecule has 166 valence electrons. The van der Waals surface area contributed by atoms with Crippen LogP contribution in [-0.2, 0) is 21.4 Å². The van der Waals surface area contributed by atoms with Crippen LogP contribution in [0.5, 0.6) is 0 Å². The summed E-state index contributed by atoms with van der Waals surface area (Å²) in [7, 11) is -3.58. The quantitative estimate of drug-likeness (QED) is 0.557. The molecule has 0 atom stereocenters. The summed E-state index contributed by atoms with van der Waals surface area (Å²) < 4.78 is 25.2. The SMILES string of the molecule is CS(=O)(=O)Nc1ccc(N2CCN(CC(=O)NCc3ccccc3)CC2)cc1C(=O)O. The molecule has 0 unspecified atom stereocenters. The van der Waals surface area contributed by atoms with Crippen molar-refractivity contribution in [2.45, 2.75) is 6.54 Å². The number of hydrogen-bond acceptors (Lipinski definition) is 6. The maximum Gasteiger partial charge on any atom is 0.337 e. The third kappa shape index (κ3) is 6.69. The Balaban J connectivity index is 1.54. The van der Waals surface area contributed by atoms with Crippen molar-refractivity contribution in [3.8, 4) is 0 Å². The molecule has 0 saturated carbocycles. The van der Waals surface area contributed by atoms with Crippen LogP contribution in [0.2, 0.25) is 0 Å². The Morgan fingerprint density at radius 1 is 1.03 bits per heavy atom. The topological polar surface area (TPSA) is 119 Å². The van der Waals surface area contributed by atoms with Gasteiger partial charge in [0.1, 0.15) is 0 Å². The fourth-order valence-electron chi connectivity index (χ4n) is 3.41. The summed E-state index contributed by atoms with van der Waals surface area (Å²) in [6.07, 6.45) is 0.974. The number of sulfonamides is 1. The van der Waals surface area contributed by atoms with Crippen molar-refractivity contribution < 1.29 is 23.1 Å². The van der Waals surface area contributed by atoms with E-state index in [9.17, 15) is 23.1 Å². The molecule has 1 saturated heterocycles. The minimum Gasteiger partial charge on any atom is -0.478 e. The number of nitrogens with one attached hydrogen (secondary N) is 2. The molecule has 1 aliphatic heterocycles. The molecule has 31 heavy (non-hydrogen) atoms. The van der Waals surface area contributed by atoms with Crippen LogP contribution in [-0.4, -0.2) is 69.3 Å². The monoisotopic (exact) mass is 446 g/mol. The van der Waals surface area contributed by atoms with Gasteiger partial charge in [-0.05, 0) is 23.8 Å². The second kappa shape index (κ2) is 9.80. The van der Waals surface area contributed by atoms with Crippen LogP contribution in [0.4, 0.5) is 11.4 Å². The number of carbonyl (C=O) groups is 2. The number of piperazine rings is 1. The van der Waals surface area contributed by atoms with Gasteiger partial charge in [0.15, 0.2) is 0 Å². The molecule has 1 fully saturated rings. The Bertz CT molecular complexity index is 1030. The minimum atomic E-state index is -3.58. The van der Waals surface area contributed by atoms with E-state index >= 15 is 0 Å². The number of amides is 1. The molecule has 2 aromatic carbocycles. The fourth-order valence-corrected chi connectivity index (χ4v) is 3.99. The third-order valence-electron chi connectivity index (χ3n) is 4.97. The lowest BCUT2D eigenvalue weighted by molar-refractivity contribution is -0.122. The first-order chi connectivity index (χ1) is 14.7. The average molecular weight is 447 g/mol. The zero-order valence-corrected chi connectivity index (χ0v) is 18.1. The maximum absolute atomic E-state index is 12.2. The number of hydrogen-bond donors (Lipinski definition) is 3. The van der Waals surface area contributed by atoms with Gasteiger partial charge in [0, 0.05) is 38.4 Å². The van der Waals surface area contributed by atoms with Crippen molar-refractivity contribution in [2.24, 2.45) is 0 Å². The highest BCUT2D eigenvalue weighted by Crippen LogP contribution is 2.25. The van der Waals surface area contributed by atoms with Crippen molar-refractivity contribution in [2.75, 3.05) is 48.6 Å². The van der Waals surface area contributed by atoms with E-state index in [-0.39, 0.29) is 17.2 Å². The van der Waals surface area contributed by atoms with E-state index in [1.54, 1.807) is 6.07 Å². The van der Waals surface area contributed by atoms with Crippen LogP contribution in [0.15, 0.2) is 48.5 Å². The molecular formula is C21H26N4O5S. The van der Waals surface area contributed by atoms with Gasteiger partial charge in [-0.1, -0.05) is 30.3 Å². The van der Waals surface area contributed by atoms with Crippen LogP contribution >= 0.6 is 0 Å². The molecule has 1 amide bonds. The van der Waals surface area contributed by atoms with E-state index in [1.165, 1.54) is 12.1 Å². The van der Waals surface area contributed by atoms with E-state index in [0.29, 0.717) is 45.0 Å². The molecule has 0 radical (unpaired) electrons. The van der Waals surface area contributed by atoms with Crippen molar-refractivity contribution in [1.82, 2.24) is 10.2 Å². The number of nitrogens with zero attached hydrogens (tertiary/aromatic N) is 2. The lowest BCUT2D eigenvalue weighted by Gasteiger charge is -2.36. The minimum absolute atomic E-state index is 0.0347. The molecule has 10 heteroatoms. The highest BCUT2D eigenvalue weighted by Gasteiger charge is 2.21. The van der Waals surface area contributed by atoms with E-state index < -0.39 is 16.0 Å². The number of aromatic carboxylic acids is 1. The summed E-state index contributed by atoms with van der Waals surface area (Å²) in [5.41, 5.74) is 1.67. The Kier molecular flexibility index (Phi) is 7.13. The van der Waals surface area contributed by atoms with Gasteiger partial charge in [0.2, 0.25) is 15.9 Å². The number of anilines is 2. The molecule has 3 N–H and O–H groups in total. The molecule has 2 aromatic rings. The smallest absolute Gasteiger partial charge is 0.337 e. The first-order valence-corrected chi connectivity index (χ1v) is 11.7. The van der Waals surface area contributed by atoms with E-state index in [0.717, 1.165) is 11.8 Å². The standard InChI is InChI=1S/C21H26N4O5S/c1-31(29,30)23-19-8-7-17(13-18(19)21(27)28)25-11-9-24(10-12-25)15-20(26)22-14-16-5-3-2-4-6-16/h2-8,13,23H,9-12,14-15H2,1H3,(H,22,26)(H,27,28). The molecule has 1 heterocycles. The Hall–Kier alpha value is -3.11. The first kappa shape index (κ1) is 22.6. The van der Waals surface area contributed by atoms with Crippen LogP contribution in [0, 0.1) is 0 Å². The average Bonchev–Trinajstić information content (AvgIpc) is 2.73. The molecule has 0 aromatic heterocycles. The molecular weight excluding hydrogens is 420 g/mol. The van der Waals surface area contributed by atoms with Gasteiger partial charge in [0.25, 0.3) is 0 Å². The van der Waals surface area contributed by atoms with Crippen molar-refractivity contribution in [3.63, 3.8) is 0 Å². The second-order valence-corrected chi connectivity index (χ2v) is 9.18. The summed E-state index contributed by atoms with van der Waals surface area (Å²) in [5.74, 6) is -1.25. The largest absolute Gasteiger partial charge is 0.478 e. The third-order valence-corrected chi connectivity index (χ3v) is 5.56. The van der Waals surface area contributed by atoms with Crippen molar-refractivity contribution in [3.05, 3.63) is 59.7 Å². The number of carboxylic acid groups (broad SMARTS) is 1. The van der Waals surface area contributed by atoms with E-state index in [4.69, 9.17) is 0 Å². The van der Waals surface area contributed by atoms with Crippen LogP contribution in [0.1, 0.15) is 15.9 Å². The zero-order valence-electron chi connectivity index (χ0n) is 17.2. The molecule has 0 aliphatic carbocycles. The zero-order chi connectivity index (χ0) is 22.4. The highest BCUT2D eigenvalue weighted by atomic mass is 32.2. The molecule has 9 nitrogen and oxygen atoms in total. The van der Waals surface area contributed by atoms with Crippen LogP contribution < -0.4 is 14.9 Å². The van der Waals surface area contributed by atoms with E-state index in [1.807, 2.05) is 35.2 Å². The van der Waals surface area contributed by atoms with Crippen molar-refractivity contribution in [1.29, 1.82) is 0 Å². The van der Waals surface area contributed by atoms with Crippen molar-refractivity contribution >= 4 is 33.3 Å². The van der Waals surface area contributed by atoms with Gasteiger partial charge in [-0.3, -0.25) is 14.4 Å². The Labute approximate surface area is 181 Å². The molecule has 3 rings (SSSR count). The van der Waals surface area contributed by atoms with Gasteiger partial charge < -0.3 is 15.3 Å². The highest BCUT2D eigenvalue weighted by molar-refractivity contribution is 7.92. The van der Waals surface area contributed by atoms with Gasteiger partial charge >= 0.3 is 5.97 Å². The predicted molar refractivity (Wildman–Crippen MR) is 119 cm³/mol. The van der Waals surface area contributed by atoms with Crippen LogP contribution in [0.3, 0.4) is 0 Å². The molecule has 0 spiro atoms. The summed E-state index contributed by atoms with van der Waals surface area (Å²) in [6.45, 7) is 3.37. The van der Waals surface area contributed by atoms with Crippen LogP contribution in [0.25, 0.3) is 0 Å². The fraction of sp³-hybridized carbons (Fsp3) is 0.333.